The first-order chi connectivity index (χ1) is 7.31. The van der Waals surface area contributed by atoms with Gasteiger partial charge in [-0.05, 0) is 31.4 Å². The van der Waals surface area contributed by atoms with Gasteiger partial charge < -0.3 is 10.0 Å². The summed E-state index contributed by atoms with van der Waals surface area (Å²) >= 11 is 0. The molecule has 1 aromatic rings. The van der Waals surface area contributed by atoms with Gasteiger partial charge >= 0.3 is 0 Å². The van der Waals surface area contributed by atoms with E-state index < -0.39 is 5.95 Å². The van der Waals surface area contributed by atoms with Crippen LogP contribution in [0.15, 0.2) is 18.2 Å². The Bertz CT molecular complexity index is 332. The van der Waals surface area contributed by atoms with Crippen molar-refractivity contribution < 1.29 is 9.50 Å². The second kappa shape index (κ2) is 4.57. The van der Waals surface area contributed by atoms with Crippen molar-refractivity contribution in [2.75, 3.05) is 18.1 Å². The number of hydrogen-bond acceptors (Lipinski definition) is 3. The smallest absolute Gasteiger partial charge is 0.214 e. The molecule has 2 heterocycles. The highest BCUT2D eigenvalue weighted by Gasteiger charge is 2.24. The molecule has 1 fully saturated rings. The van der Waals surface area contributed by atoms with Crippen LogP contribution in [-0.4, -0.2) is 29.3 Å². The van der Waals surface area contributed by atoms with Crippen LogP contribution in [0.2, 0.25) is 0 Å². The predicted molar refractivity (Wildman–Crippen MR) is 56.3 cm³/mol. The maximum atomic E-state index is 12.9. The van der Waals surface area contributed by atoms with E-state index in [9.17, 15) is 4.39 Å². The lowest BCUT2D eigenvalue weighted by Crippen LogP contribution is -2.30. The molecule has 0 amide bonds. The number of rotatable bonds is 3. The third-order valence-corrected chi connectivity index (χ3v) is 2.83. The average Bonchev–Trinajstić information content (AvgIpc) is 2.66. The Kier molecular flexibility index (Phi) is 3.16. The van der Waals surface area contributed by atoms with Gasteiger partial charge in [0.1, 0.15) is 5.82 Å². The monoisotopic (exact) mass is 210 g/mol. The van der Waals surface area contributed by atoms with E-state index in [0.29, 0.717) is 11.9 Å². The normalized spacial score (nSPS) is 20.9. The summed E-state index contributed by atoms with van der Waals surface area (Å²) in [5.74, 6) is 0.244. The van der Waals surface area contributed by atoms with Gasteiger partial charge in [-0.1, -0.05) is 6.07 Å². The second-order valence-electron chi connectivity index (χ2n) is 3.82. The number of hydrogen-bond donors (Lipinski definition) is 1. The molecule has 1 N–H and O–H groups in total. The van der Waals surface area contributed by atoms with E-state index in [1.165, 1.54) is 6.07 Å². The summed E-state index contributed by atoms with van der Waals surface area (Å²) < 4.78 is 12.9. The van der Waals surface area contributed by atoms with Gasteiger partial charge in [-0.15, -0.1) is 0 Å². The summed E-state index contributed by atoms with van der Waals surface area (Å²) in [4.78, 5) is 5.95. The number of aliphatic hydroxyl groups excluding tert-OH is 1. The van der Waals surface area contributed by atoms with Gasteiger partial charge in [0.05, 0.1) is 0 Å². The molecule has 82 valence electrons. The zero-order valence-corrected chi connectivity index (χ0v) is 8.56. The number of anilines is 1. The fourth-order valence-electron chi connectivity index (χ4n) is 2.14. The van der Waals surface area contributed by atoms with Crippen LogP contribution < -0.4 is 4.90 Å². The minimum absolute atomic E-state index is 0.177. The molecule has 3 nitrogen and oxygen atoms in total. The van der Waals surface area contributed by atoms with Crippen LogP contribution in [0, 0.1) is 5.95 Å². The highest BCUT2D eigenvalue weighted by molar-refractivity contribution is 5.40. The Hall–Kier alpha value is -1.16. The van der Waals surface area contributed by atoms with Crippen molar-refractivity contribution in [2.45, 2.75) is 25.3 Å². The first-order valence-electron chi connectivity index (χ1n) is 5.31. The molecular formula is C11H15FN2O. The lowest BCUT2D eigenvalue weighted by atomic mass is 10.1. The van der Waals surface area contributed by atoms with Gasteiger partial charge in [-0.25, -0.2) is 4.98 Å². The van der Waals surface area contributed by atoms with Crippen LogP contribution >= 0.6 is 0 Å². The molecule has 4 heteroatoms. The molecule has 1 aliphatic heterocycles. The maximum absolute atomic E-state index is 12.9. The van der Waals surface area contributed by atoms with Crippen molar-refractivity contribution in [3.05, 3.63) is 24.1 Å². The molecule has 1 atom stereocenters. The van der Waals surface area contributed by atoms with Crippen LogP contribution in [0.3, 0.4) is 0 Å². The zero-order chi connectivity index (χ0) is 10.7. The van der Waals surface area contributed by atoms with Crippen molar-refractivity contribution >= 4 is 5.82 Å². The molecule has 15 heavy (non-hydrogen) atoms. The van der Waals surface area contributed by atoms with E-state index in [0.717, 1.165) is 25.8 Å². The number of aliphatic hydroxyl groups is 1. The third-order valence-electron chi connectivity index (χ3n) is 2.83. The number of nitrogens with zero attached hydrogens (tertiary/aromatic N) is 2. The van der Waals surface area contributed by atoms with E-state index in [1.54, 1.807) is 6.07 Å². The van der Waals surface area contributed by atoms with Crippen LogP contribution in [-0.2, 0) is 0 Å². The fraction of sp³-hybridized carbons (Fsp3) is 0.545. The van der Waals surface area contributed by atoms with Crippen molar-refractivity contribution in [3.8, 4) is 0 Å². The second-order valence-corrected chi connectivity index (χ2v) is 3.82. The standard InChI is InChI=1S/C11H15FN2O/c12-10-4-1-5-11(13-10)14-7-2-3-9(14)6-8-15/h1,4-5,9,15H,2-3,6-8H2. The molecule has 0 saturated carbocycles. The van der Waals surface area contributed by atoms with Gasteiger partial charge in [0, 0.05) is 19.2 Å². The first-order valence-corrected chi connectivity index (χ1v) is 5.31. The fourth-order valence-corrected chi connectivity index (χ4v) is 2.14. The van der Waals surface area contributed by atoms with Crippen molar-refractivity contribution in [1.82, 2.24) is 4.98 Å². The van der Waals surface area contributed by atoms with E-state index in [2.05, 4.69) is 9.88 Å². The molecule has 1 aliphatic rings. The van der Waals surface area contributed by atoms with Gasteiger partial charge in [0.25, 0.3) is 0 Å². The Morgan fingerprint density at radius 2 is 2.40 bits per heavy atom. The van der Waals surface area contributed by atoms with Gasteiger partial charge in [-0.3, -0.25) is 0 Å². The van der Waals surface area contributed by atoms with Crippen LogP contribution in [0.4, 0.5) is 10.2 Å². The Morgan fingerprint density at radius 1 is 1.53 bits per heavy atom. The van der Waals surface area contributed by atoms with Gasteiger partial charge in [0.2, 0.25) is 5.95 Å². The molecule has 0 bridgehead atoms. The number of aromatic nitrogens is 1. The molecule has 0 aromatic carbocycles. The molecule has 1 unspecified atom stereocenters. The molecule has 2 rings (SSSR count). The molecule has 1 saturated heterocycles. The summed E-state index contributed by atoms with van der Waals surface area (Å²) in [5.41, 5.74) is 0. The Morgan fingerprint density at radius 3 is 3.13 bits per heavy atom. The quantitative estimate of drug-likeness (QED) is 0.769. The predicted octanol–water partition coefficient (Wildman–Crippen LogP) is 1.57. The maximum Gasteiger partial charge on any atom is 0.214 e. The average molecular weight is 210 g/mol. The minimum Gasteiger partial charge on any atom is -0.396 e. The SMILES string of the molecule is OCCC1CCCN1c1cccc(F)n1. The Labute approximate surface area is 88.6 Å². The van der Waals surface area contributed by atoms with E-state index in [1.807, 2.05) is 6.07 Å². The summed E-state index contributed by atoms with van der Waals surface area (Å²) in [7, 11) is 0. The van der Waals surface area contributed by atoms with Crippen molar-refractivity contribution in [3.63, 3.8) is 0 Å². The van der Waals surface area contributed by atoms with Gasteiger partial charge in [-0.2, -0.15) is 4.39 Å². The van der Waals surface area contributed by atoms with E-state index in [-0.39, 0.29) is 6.61 Å². The highest BCUT2D eigenvalue weighted by Crippen LogP contribution is 2.25. The summed E-state index contributed by atoms with van der Waals surface area (Å²) in [6.07, 6.45) is 2.87. The first kappa shape index (κ1) is 10.4. The largest absolute Gasteiger partial charge is 0.396 e. The van der Waals surface area contributed by atoms with Crippen LogP contribution in [0.25, 0.3) is 0 Å². The number of pyridine rings is 1. The summed E-state index contributed by atoms with van der Waals surface area (Å²) in [6.45, 7) is 1.08. The molecule has 0 aliphatic carbocycles. The number of halogens is 1. The Balaban J connectivity index is 2.15. The zero-order valence-electron chi connectivity index (χ0n) is 8.56. The topological polar surface area (TPSA) is 36.4 Å². The van der Waals surface area contributed by atoms with Crippen molar-refractivity contribution in [1.29, 1.82) is 0 Å². The minimum atomic E-state index is -0.442. The molecule has 0 spiro atoms. The summed E-state index contributed by atoms with van der Waals surface area (Å²) in [6, 6.07) is 5.15. The van der Waals surface area contributed by atoms with E-state index >= 15 is 0 Å². The highest BCUT2D eigenvalue weighted by atomic mass is 19.1. The lowest BCUT2D eigenvalue weighted by molar-refractivity contribution is 0.275. The van der Waals surface area contributed by atoms with Crippen LogP contribution in [0.1, 0.15) is 19.3 Å². The molecule has 1 aromatic heterocycles. The lowest BCUT2D eigenvalue weighted by Gasteiger charge is -2.24. The van der Waals surface area contributed by atoms with Crippen LogP contribution in [0.5, 0.6) is 0 Å². The third kappa shape index (κ3) is 2.26. The van der Waals surface area contributed by atoms with Gasteiger partial charge in [0.15, 0.2) is 0 Å². The summed E-state index contributed by atoms with van der Waals surface area (Å²) in [5, 5.41) is 8.92. The van der Waals surface area contributed by atoms with E-state index in [4.69, 9.17) is 5.11 Å². The molecule has 0 radical (unpaired) electrons. The van der Waals surface area contributed by atoms with Crippen molar-refractivity contribution in [2.24, 2.45) is 0 Å². The molecular weight excluding hydrogens is 195 g/mol.